The van der Waals surface area contributed by atoms with E-state index in [0.717, 1.165) is 20.0 Å². The molecule has 0 radical (unpaired) electrons. The summed E-state index contributed by atoms with van der Waals surface area (Å²) in [5, 5.41) is 13.2. The van der Waals surface area contributed by atoms with E-state index in [1.165, 1.54) is 23.1 Å². The van der Waals surface area contributed by atoms with Gasteiger partial charge in [-0.15, -0.1) is 11.3 Å². The maximum atomic E-state index is 12.2. The summed E-state index contributed by atoms with van der Waals surface area (Å²) < 4.78 is 16.0. The first-order valence-electron chi connectivity index (χ1n) is 13.2. The van der Waals surface area contributed by atoms with Crippen LogP contribution in [0.25, 0.3) is 10.2 Å². The molecule has 0 aliphatic heterocycles. The quantitative estimate of drug-likeness (QED) is 0.117. The molecule has 0 spiro atoms. The first kappa shape index (κ1) is 34.8. The van der Waals surface area contributed by atoms with Crippen LogP contribution in [0.5, 0.6) is 0 Å². The maximum Gasteiger partial charge on any atom is 0.410 e. The molecule has 2 aromatic rings. The molecular weight excluding hydrogens is 584 g/mol. The standard InChI is InChI=1S/C28H38N4O8S2/c1-18-30-24(41-17-23(36)39-27(2,3)4)20-15-19(42-25(20)31-18)9-8-11-29-21(33)10-13-38-14-12-32(16-22(34)35)26(37)40-28(5,6)7/h15H,10-14,16-17H2,1-7H3,(H,29,33)(H,34,35). The zero-order valence-corrected chi connectivity index (χ0v) is 26.6. The Morgan fingerprint density at radius 3 is 2.40 bits per heavy atom. The molecule has 0 atom stereocenters. The van der Waals surface area contributed by atoms with Crippen molar-refractivity contribution in [1.82, 2.24) is 20.2 Å². The Bertz CT molecular complexity index is 1340. The number of nitrogens with one attached hydrogen (secondary N) is 1. The number of nitrogens with zero attached hydrogens (tertiary/aromatic N) is 3. The number of carboxylic acids is 1. The average molecular weight is 623 g/mol. The van der Waals surface area contributed by atoms with Crippen LogP contribution in [-0.4, -0.2) is 93.7 Å². The summed E-state index contributed by atoms with van der Waals surface area (Å²) in [4.78, 5) is 59.0. The predicted octanol–water partition coefficient (Wildman–Crippen LogP) is 3.63. The van der Waals surface area contributed by atoms with Crippen molar-refractivity contribution in [2.24, 2.45) is 0 Å². The van der Waals surface area contributed by atoms with Crippen LogP contribution >= 0.6 is 23.1 Å². The lowest BCUT2D eigenvalue weighted by Gasteiger charge is -2.26. The third kappa shape index (κ3) is 13.5. The zero-order valence-electron chi connectivity index (χ0n) is 25.0. The lowest BCUT2D eigenvalue weighted by atomic mass is 10.2. The average Bonchev–Trinajstić information content (AvgIpc) is 3.24. The van der Waals surface area contributed by atoms with Crippen LogP contribution in [0.4, 0.5) is 4.79 Å². The van der Waals surface area contributed by atoms with Crippen molar-refractivity contribution >= 4 is 57.3 Å². The number of hydrogen-bond acceptors (Lipinski definition) is 11. The van der Waals surface area contributed by atoms with E-state index in [-0.39, 0.29) is 50.4 Å². The minimum absolute atomic E-state index is 0.00853. The number of fused-ring (bicyclic) bond motifs is 1. The molecular formula is C28H38N4O8S2. The molecule has 2 aromatic heterocycles. The summed E-state index contributed by atoms with van der Waals surface area (Å²) in [6.45, 7) is 12.1. The third-order valence-electron chi connectivity index (χ3n) is 4.76. The minimum Gasteiger partial charge on any atom is -0.480 e. The number of carbonyl (C=O) groups is 4. The van der Waals surface area contributed by atoms with E-state index in [4.69, 9.17) is 19.3 Å². The SMILES string of the molecule is Cc1nc(SCC(=O)OC(C)(C)C)c2cc(C#CCNC(=O)CCOCCN(CC(=O)O)C(=O)OC(C)(C)C)sc2n1. The van der Waals surface area contributed by atoms with Gasteiger partial charge in [0.25, 0.3) is 0 Å². The van der Waals surface area contributed by atoms with E-state index in [0.29, 0.717) is 10.9 Å². The Kier molecular flexibility index (Phi) is 13.0. The lowest BCUT2D eigenvalue weighted by Crippen LogP contribution is -2.41. The van der Waals surface area contributed by atoms with Gasteiger partial charge in [-0.25, -0.2) is 14.8 Å². The molecule has 2 N–H and O–H groups in total. The monoisotopic (exact) mass is 622 g/mol. The van der Waals surface area contributed by atoms with Crippen LogP contribution in [0.3, 0.4) is 0 Å². The fraction of sp³-hybridized carbons (Fsp3) is 0.571. The Labute approximate surface area is 253 Å². The smallest absolute Gasteiger partial charge is 0.410 e. The second-order valence-electron chi connectivity index (χ2n) is 11.0. The molecule has 0 unspecified atom stereocenters. The van der Waals surface area contributed by atoms with Gasteiger partial charge in [0.2, 0.25) is 5.91 Å². The number of carboxylic acid groups (broad SMARTS) is 1. The highest BCUT2D eigenvalue weighted by Crippen LogP contribution is 2.31. The second kappa shape index (κ2) is 15.7. The summed E-state index contributed by atoms with van der Waals surface area (Å²) in [6, 6.07) is 1.87. The minimum atomic E-state index is -1.17. The predicted molar refractivity (Wildman–Crippen MR) is 159 cm³/mol. The zero-order chi connectivity index (χ0) is 31.5. The third-order valence-corrected chi connectivity index (χ3v) is 6.67. The normalized spacial score (nSPS) is 11.4. The summed E-state index contributed by atoms with van der Waals surface area (Å²) in [5.74, 6) is 4.89. The van der Waals surface area contributed by atoms with Gasteiger partial charge in [-0.1, -0.05) is 23.6 Å². The Morgan fingerprint density at radius 2 is 1.76 bits per heavy atom. The number of aliphatic carboxylic acids is 1. The van der Waals surface area contributed by atoms with Crippen molar-refractivity contribution < 1.29 is 38.5 Å². The van der Waals surface area contributed by atoms with Crippen LogP contribution in [0.2, 0.25) is 0 Å². The molecule has 2 rings (SSSR count). The highest BCUT2D eigenvalue weighted by molar-refractivity contribution is 8.00. The van der Waals surface area contributed by atoms with Gasteiger partial charge in [-0.2, -0.15) is 0 Å². The Hall–Kier alpha value is -3.41. The van der Waals surface area contributed by atoms with Gasteiger partial charge in [0.05, 0.1) is 30.4 Å². The first-order valence-corrected chi connectivity index (χ1v) is 15.0. The number of hydrogen-bond donors (Lipinski definition) is 2. The molecule has 0 saturated heterocycles. The van der Waals surface area contributed by atoms with E-state index >= 15 is 0 Å². The summed E-state index contributed by atoms with van der Waals surface area (Å²) in [5.41, 5.74) is -1.32. The molecule has 42 heavy (non-hydrogen) atoms. The molecule has 2 amide bonds. The van der Waals surface area contributed by atoms with Crippen LogP contribution in [-0.2, 0) is 28.6 Å². The highest BCUT2D eigenvalue weighted by Gasteiger charge is 2.24. The fourth-order valence-corrected chi connectivity index (χ4v) is 5.03. The van der Waals surface area contributed by atoms with Gasteiger partial charge >= 0.3 is 18.0 Å². The van der Waals surface area contributed by atoms with E-state index in [2.05, 4.69) is 27.1 Å². The molecule has 14 heteroatoms. The molecule has 0 saturated carbocycles. The lowest BCUT2D eigenvalue weighted by molar-refractivity contribution is -0.151. The van der Waals surface area contributed by atoms with Gasteiger partial charge in [0, 0.05) is 18.4 Å². The number of thioether (sulfide) groups is 1. The number of esters is 1. The molecule has 2 heterocycles. The molecule has 0 aliphatic carbocycles. The van der Waals surface area contributed by atoms with Crippen molar-refractivity contribution in [3.63, 3.8) is 0 Å². The number of aryl methyl sites for hydroxylation is 1. The van der Waals surface area contributed by atoms with Crippen molar-refractivity contribution in [3.05, 3.63) is 16.8 Å². The first-order chi connectivity index (χ1) is 19.5. The van der Waals surface area contributed by atoms with Gasteiger partial charge in [-0.3, -0.25) is 19.3 Å². The van der Waals surface area contributed by atoms with Gasteiger partial charge in [-0.05, 0) is 54.5 Å². The molecule has 230 valence electrons. The van der Waals surface area contributed by atoms with Crippen LogP contribution in [0.15, 0.2) is 11.1 Å². The Balaban J connectivity index is 1.81. The molecule has 0 aromatic carbocycles. The van der Waals surface area contributed by atoms with Crippen LogP contribution in [0, 0.1) is 18.8 Å². The molecule has 12 nitrogen and oxygen atoms in total. The van der Waals surface area contributed by atoms with E-state index < -0.39 is 29.8 Å². The highest BCUT2D eigenvalue weighted by atomic mass is 32.2. The summed E-state index contributed by atoms with van der Waals surface area (Å²) in [7, 11) is 0. The second-order valence-corrected chi connectivity index (χ2v) is 13.0. The maximum absolute atomic E-state index is 12.2. The van der Waals surface area contributed by atoms with Crippen molar-refractivity contribution in [2.45, 2.75) is 71.1 Å². The number of aromatic nitrogens is 2. The largest absolute Gasteiger partial charge is 0.480 e. The van der Waals surface area contributed by atoms with Crippen LogP contribution in [0.1, 0.15) is 58.7 Å². The fourth-order valence-electron chi connectivity index (χ4n) is 3.20. The molecule has 0 aliphatic rings. The number of ether oxygens (including phenoxy) is 3. The number of amides is 2. The Morgan fingerprint density at radius 1 is 1.07 bits per heavy atom. The summed E-state index contributed by atoms with van der Waals surface area (Å²) >= 11 is 2.69. The van der Waals surface area contributed by atoms with Crippen molar-refractivity contribution in [1.29, 1.82) is 0 Å². The van der Waals surface area contributed by atoms with Crippen molar-refractivity contribution in [3.8, 4) is 11.8 Å². The van der Waals surface area contributed by atoms with E-state index in [1.807, 2.05) is 26.8 Å². The van der Waals surface area contributed by atoms with Crippen LogP contribution < -0.4 is 5.32 Å². The summed E-state index contributed by atoms with van der Waals surface area (Å²) in [6.07, 6.45) is -0.676. The molecule has 0 bridgehead atoms. The van der Waals surface area contributed by atoms with Gasteiger partial charge in [0.15, 0.2) is 0 Å². The number of carbonyl (C=O) groups excluding carboxylic acids is 3. The topological polar surface area (TPSA) is 157 Å². The number of thiophene rings is 1. The van der Waals surface area contributed by atoms with E-state index in [9.17, 15) is 19.2 Å². The van der Waals surface area contributed by atoms with Gasteiger partial charge < -0.3 is 24.6 Å². The molecule has 0 fully saturated rings. The van der Waals surface area contributed by atoms with Gasteiger partial charge in [0.1, 0.15) is 33.4 Å². The number of rotatable bonds is 12. The van der Waals surface area contributed by atoms with E-state index in [1.54, 1.807) is 27.7 Å². The van der Waals surface area contributed by atoms with Crippen molar-refractivity contribution in [2.75, 3.05) is 38.6 Å².